The van der Waals surface area contributed by atoms with Crippen molar-refractivity contribution in [3.05, 3.63) is 58.6 Å². The molecular formula is C18H20ClFN2O. The molecule has 2 aromatic rings. The van der Waals surface area contributed by atoms with Gasteiger partial charge in [-0.25, -0.2) is 9.38 Å². The molecule has 2 atom stereocenters. The summed E-state index contributed by atoms with van der Waals surface area (Å²) in [6, 6.07) is 8.62. The zero-order valence-electron chi connectivity index (χ0n) is 13.3. The van der Waals surface area contributed by atoms with Gasteiger partial charge in [0.25, 0.3) is 0 Å². The molecule has 0 bridgehead atoms. The van der Waals surface area contributed by atoms with Crippen LogP contribution in [0.15, 0.2) is 41.5 Å². The van der Waals surface area contributed by atoms with Crippen LogP contribution in [0.3, 0.4) is 0 Å². The van der Waals surface area contributed by atoms with E-state index in [1.165, 1.54) is 12.1 Å². The van der Waals surface area contributed by atoms with Gasteiger partial charge in [0.2, 0.25) is 5.90 Å². The molecule has 2 heterocycles. The zero-order chi connectivity index (χ0) is 16.4. The van der Waals surface area contributed by atoms with Crippen molar-refractivity contribution in [1.29, 1.82) is 0 Å². The summed E-state index contributed by atoms with van der Waals surface area (Å²) < 4.78 is 21.0. The molecule has 0 radical (unpaired) electrons. The number of aromatic nitrogens is 1. The fourth-order valence-corrected chi connectivity index (χ4v) is 2.90. The highest BCUT2D eigenvalue weighted by molar-refractivity contribution is 6.31. The zero-order valence-corrected chi connectivity index (χ0v) is 14.1. The van der Waals surface area contributed by atoms with Crippen molar-refractivity contribution < 1.29 is 9.13 Å². The summed E-state index contributed by atoms with van der Waals surface area (Å²) in [6.45, 7) is 5.54. The number of nitrogens with zero attached hydrogens (tertiary/aromatic N) is 2. The first kappa shape index (κ1) is 16.1. The van der Waals surface area contributed by atoms with Gasteiger partial charge in [-0.1, -0.05) is 37.9 Å². The summed E-state index contributed by atoms with van der Waals surface area (Å²) in [5, 5.41) is 0.427. The molecule has 3 nitrogen and oxygen atoms in total. The molecule has 1 aliphatic rings. The predicted octanol–water partition coefficient (Wildman–Crippen LogP) is 4.52. The average Bonchev–Trinajstić information content (AvgIpc) is 3.18. The Bertz CT molecular complexity index is 726. The Morgan fingerprint density at radius 2 is 2.26 bits per heavy atom. The Labute approximate surface area is 140 Å². The molecule has 3 rings (SSSR count). The van der Waals surface area contributed by atoms with Crippen molar-refractivity contribution >= 4 is 17.5 Å². The largest absolute Gasteiger partial charge is 0.474 e. The van der Waals surface area contributed by atoms with Gasteiger partial charge < -0.3 is 9.30 Å². The number of benzene rings is 1. The van der Waals surface area contributed by atoms with Crippen molar-refractivity contribution in [1.82, 2.24) is 4.57 Å². The molecule has 23 heavy (non-hydrogen) atoms. The second-order valence-electron chi connectivity index (χ2n) is 5.96. The minimum Gasteiger partial charge on any atom is -0.474 e. The van der Waals surface area contributed by atoms with Crippen LogP contribution >= 0.6 is 11.6 Å². The van der Waals surface area contributed by atoms with Crippen molar-refractivity contribution in [2.45, 2.75) is 32.9 Å². The number of ether oxygens (including phenoxy) is 1. The monoisotopic (exact) mass is 334 g/mol. The highest BCUT2D eigenvalue weighted by atomic mass is 35.5. The lowest BCUT2D eigenvalue weighted by molar-refractivity contribution is 0.281. The van der Waals surface area contributed by atoms with E-state index in [2.05, 4.69) is 13.8 Å². The van der Waals surface area contributed by atoms with Crippen LogP contribution in [0.5, 0.6) is 0 Å². The van der Waals surface area contributed by atoms with Crippen molar-refractivity contribution in [3.8, 4) is 0 Å². The summed E-state index contributed by atoms with van der Waals surface area (Å²) in [7, 11) is 0. The first-order valence-corrected chi connectivity index (χ1v) is 8.26. The number of hydrogen-bond acceptors (Lipinski definition) is 2. The Hall–Kier alpha value is -1.81. The van der Waals surface area contributed by atoms with E-state index in [1.807, 2.05) is 22.9 Å². The second-order valence-corrected chi connectivity index (χ2v) is 6.36. The van der Waals surface area contributed by atoms with E-state index in [9.17, 15) is 4.39 Å². The van der Waals surface area contributed by atoms with Gasteiger partial charge in [0.15, 0.2) is 0 Å². The molecular weight excluding hydrogens is 315 g/mol. The van der Waals surface area contributed by atoms with E-state index in [1.54, 1.807) is 6.07 Å². The van der Waals surface area contributed by atoms with Crippen LogP contribution in [0.2, 0.25) is 5.02 Å². The van der Waals surface area contributed by atoms with Gasteiger partial charge in [-0.3, -0.25) is 0 Å². The SMILES string of the molecule is CC[C@H](C)[C@@H]1COC(c2cccn2Cc2ccc(F)cc2Cl)=N1. The minimum atomic E-state index is -0.327. The maximum atomic E-state index is 13.2. The summed E-state index contributed by atoms with van der Waals surface area (Å²) >= 11 is 6.13. The fourth-order valence-electron chi connectivity index (χ4n) is 2.67. The topological polar surface area (TPSA) is 26.5 Å². The first-order valence-electron chi connectivity index (χ1n) is 7.88. The molecule has 0 saturated heterocycles. The van der Waals surface area contributed by atoms with Crippen LogP contribution in [-0.4, -0.2) is 23.1 Å². The molecule has 1 aromatic heterocycles. The van der Waals surface area contributed by atoms with Gasteiger partial charge in [0.05, 0.1) is 6.04 Å². The number of rotatable bonds is 5. The van der Waals surface area contributed by atoms with Gasteiger partial charge in [0, 0.05) is 17.8 Å². The third-order valence-electron chi connectivity index (χ3n) is 4.38. The minimum absolute atomic E-state index is 0.216. The number of aliphatic imine (C=N–C) groups is 1. The molecule has 0 aliphatic carbocycles. The van der Waals surface area contributed by atoms with E-state index >= 15 is 0 Å². The molecule has 122 valence electrons. The van der Waals surface area contributed by atoms with E-state index in [4.69, 9.17) is 21.3 Å². The van der Waals surface area contributed by atoms with Crippen LogP contribution < -0.4 is 0 Å². The predicted molar refractivity (Wildman–Crippen MR) is 90.7 cm³/mol. The van der Waals surface area contributed by atoms with E-state index in [0.717, 1.165) is 17.7 Å². The maximum Gasteiger partial charge on any atom is 0.233 e. The summed E-state index contributed by atoms with van der Waals surface area (Å²) in [4.78, 5) is 4.72. The second kappa shape index (κ2) is 6.75. The molecule has 0 amide bonds. The maximum absolute atomic E-state index is 13.2. The molecule has 5 heteroatoms. The summed E-state index contributed by atoms with van der Waals surface area (Å²) in [6.07, 6.45) is 3.04. The van der Waals surface area contributed by atoms with Gasteiger partial charge in [-0.15, -0.1) is 0 Å². The van der Waals surface area contributed by atoms with Crippen molar-refractivity contribution in [2.75, 3.05) is 6.61 Å². The molecule has 0 unspecified atom stereocenters. The Balaban J connectivity index is 1.83. The Kier molecular flexibility index (Phi) is 4.71. The Morgan fingerprint density at radius 1 is 1.43 bits per heavy atom. The summed E-state index contributed by atoms with van der Waals surface area (Å²) in [5.41, 5.74) is 1.79. The van der Waals surface area contributed by atoms with Crippen molar-refractivity contribution in [3.63, 3.8) is 0 Å². The van der Waals surface area contributed by atoms with Gasteiger partial charge in [0.1, 0.15) is 18.1 Å². The lowest BCUT2D eigenvalue weighted by atomic mass is 10.0. The quantitative estimate of drug-likeness (QED) is 0.789. The normalized spacial score (nSPS) is 18.6. The third kappa shape index (κ3) is 3.42. The number of halogens is 2. The molecule has 0 spiro atoms. The first-order chi connectivity index (χ1) is 11.1. The molecule has 1 aliphatic heterocycles. The third-order valence-corrected chi connectivity index (χ3v) is 4.73. The molecule has 0 fully saturated rings. The van der Waals surface area contributed by atoms with Crippen LogP contribution in [0, 0.1) is 11.7 Å². The average molecular weight is 335 g/mol. The molecule has 0 saturated carbocycles. The standard InChI is InChI=1S/C18H20ClFN2O/c1-3-12(2)16-11-23-18(21-16)17-5-4-8-22(17)10-13-6-7-14(20)9-15(13)19/h4-9,12,16H,3,10-11H2,1-2H3/t12-,16-/m0/s1. The highest BCUT2D eigenvalue weighted by Crippen LogP contribution is 2.23. The van der Waals surface area contributed by atoms with E-state index in [-0.39, 0.29) is 11.9 Å². The Morgan fingerprint density at radius 3 is 3.00 bits per heavy atom. The van der Waals surface area contributed by atoms with Crippen LogP contribution in [-0.2, 0) is 11.3 Å². The smallest absolute Gasteiger partial charge is 0.233 e. The lowest BCUT2D eigenvalue weighted by Crippen LogP contribution is -2.16. The summed E-state index contributed by atoms with van der Waals surface area (Å²) in [5.74, 6) is 0.854. The van der Waals surface area contributed by atoms with Gasteiger partial charge in [-0.05, 0) is 35.7 Å². The van der Waals surface area contributed by atoms with Gasteiger partial charge in [-0.2, -0.15) is 0 Å². The van der Waals surface area contributed by atoms with Crippen LogP contribution in [0.1, 0.15) is 31.5 Å². The van der Waals surface area contributed by atoms with Gasteiger partial charge >= 0.3 is 0 Å². The van der Waals surface area contributed by atoms with Crippen LogP contribution in [0.4, 0.5) is 4.39 Å². The van der Waals surface area contributed by atoms with Crippen molar-refractivity contribution in [2.24, 2.45) is 10.9 Å². The molecule has 0 N–H and O–H groups in total. The van der Waals surface area contributed by atoms with E-state index in [0.29, 0.717) is 30.0 Å². The van der Waals surface area contributed by atoms with E-state index < -0.39 is 0 Å². The van der Waals surface area contributed by atoms with Crippen LogP contribution in [0.25, 0.3) is 0 Å². The molecule has 1 aromatic carbocycles. The lowest BCUT2D eigenvalue weighted by Gasteiger charge is -2.11. The highest BCUT2D eigenvalue weighted by Gasteiger charge is 2.25. The fraction of sp³-hybridized carbons (Fsp3) is 0.389. The number of hydrogen-bond donors (Lipinski definition) is 0.